The number of halogens is 1. The van der Waals surface area contributed by atoms with E-state index in [4.69, 9.17) is 4.74 Å². The topological polar surface area (TPSA) is 83.0 Å². The Bertz CT molecular complexity index is 960. The summed E-state index contributed by atoms with van der Waals surface area (Å²) in [5, 5.41) is 10.9. The Balaban J connectivity index is 2.13. The number of carbonyl (C=O) groups excluding carboxylic acids is 2. The zero-order chi connectivity index (χ0) is 21.1. The lowest BCUT2D eigenvalue weighted by Crippen LogP contribution is -2.35. The Kier molecular flexibility index (Phi) is 5.93. The zero-order valence-electron chi connectivity index (χ0n) is 16.4. The number of hydrogen-bond donors (Lipinski definition) is 1. The van der Waals surface area contributed by atoms with E-state index in [0.29, 0.717) is 12.1 Å². The lowest BCUT2D eigenvalue weighted by atomic mass is 9.96. The van der Waals surface area contributed by atoms with Gasteiger partial charge in [-0.2, -0.15) is 0 Å². The van der Waals surface area contributed by atoms with E-state index in [2.05, 4.69) is 4.98 Å². The largest absolute Gasteiger partial charge is 0.507 e. The van der Waals surface area contributed by atoms with Crippen molar-refractivity contribution in [2.75, 3.05) is 34.3 Å². The van der Waals surface area contributed by atoms with Gasteiger partial charge in [-0.1, -0.05) is 0 Å². The average molecular weight is 399 g/mol. The fourth-order valence-electron chi connectivity index (χ4n) is 3.28. The summed E-state index contributed by atoms with van der Waals surface area (Å²) in [7, 11) is 5.05. The van der Waals surface area contributed by atoms with Crippen molar-refractivity contribution in [3.05, 3.63) is 65.2 Å². The minimum Gasteiger partial charge on any atom is -0.507 e. The molecule has 0 radical (unpaired) electrons. The quantitative estimate of drug-likeness (QED) is 0.456. The van der Waals surface area contributed by atoms with Gasteiger partial charge in [0.15, 0.2) is 11.6 Å². The number of ether oxygens (including phenoxy) is 1. The highest BCUT2D eigenvalue weighted by Gasteiger charge is 2.45. The van der Waals surface area contributed by atoms with E-state index in [1.807, 2.05) is 19.0 Å². The molecule has 152 valence electrons. The molecule has 1 aromatic heterocycles. The molecule has 1 N–H and O–H groups in total. The van der Waals surface area contributed by atoms with Crippen molar-refractivity contribution < 1.29 is 23.8 Å². The number of amides is 1. The number of rotatable bonds is 6. The monoisotopic (exact) mass is 399 g/mol. The summed E-state index contributed by atoms with van der Waals surface area (Å²) in [5.74, 6) is -2.61. The van der Waals surface area contributed by atoms with Crippen molar-refractivity contribution in [3.63, 3.8) is 0 Å². The predicted octanol–water partition coefficient (Wildman–Crippen LogP) is 2.21. The maximum absolute atomic E-state index is 14.1. The van der Waals surface area contributed by atoms with E-state index in [1.54, 1.807) is 24.5 Å². The zero-order valence-corrected chi connectivity index (χ0v) is 16.4. The molecule has 1 atom stereocenters. The van der Waals surface area contributed by atoms with Crippen LogP contribution >= 0.6 is 0 Å². The summed E-state index contributed by atoms with van der Waals surface area (Å²) in [4.78, 5) is 32.8. The van der Waals surface area contributed by atoms with E-state index in [9.17, 15) is 19.1 Å². The number of hydrogen-bond acceptors (Lipinski definition) is 6. The molecule has 1 saturated heterocycles. The highest BCUT2D eigenvalue weighted by molar-refractivity contribution is 6.46. The number of benzene rings is 1. The summed E-state index contributed by atoms with van der Waals surface area (Å²) in [6.07, 6.45) is 3.10. The number of nitrogens with zero attached hydrogens (tertiary/aromatic N) is 3. The number of aliphatic hydroxyl groups is 1. The molecule has 1 unspecified atom stereocenters. The normalized spacial score (nSPS) is 18.5. The van der Waals surface area contributed by atoms with Crippen LogP contribution in [0, 0.1) is 5.82 Å². The van der Waals surface area contributed by atoms with E-state index in [-0.39, 0.29) is 23.4 Å². The van der Waals surface area contributed by atoms with Gasteiger partial charge >= 0.3 is 0 Å². The van der Waals surface area contributed by atoms with Gasteiger partial charge in [-0.05, 0) is 50.0 Å². The molecule has 29 heavy (non-hydrogen) atoms. The number of ketones is 1. The number of aliphatic hydroxyl groups excluding tert-OH is 1. The number of likely N-dealkylation sites (tertiary alicyclic amines) is 1. The molecular weight excluding hydrogens is 377 g/mol. The van der Waals surface area contributed by atoms with Crippen molar-refractivity contribution >= 4 is 17.4 Å². The summed E-state index contributed by atoms with van der Waals surface area (Å²) in [6.45, 7) is 0.824. The van der Waals surface area contributed by atoms with Crippen LogP contribution in [0.5, 0.6) is 5.75 Å². The molecule has 2 heterocycles. The first kappa shape index (κ1) is 20.5. The van der Waals surface area contributed by atoms with Crippen LogP contribution in [0.2, 0.25) is 0 Å². The van der Waals surface area contributed by atoms with Crippen molar-refractivity contribution in [1.82, 2.24) is 14.8 Å². The molecule has 0 saturated carbocycles. The van der Waals surface area contributed by atoms with Crippen LogP contribution in [0.15, 0.2) is 48.3 Å². The third-order valence-electron chi connectivity index (χ3n) is 4.78. The minimum atomic E-state index is -0.806. The second-order valence-electron chi connectivity index (χ2n) is 6.93. The molecule has 1 aliphatic rings. The Hall–Kier alpha value is -3.26. The molecule has 8 heteroatoms. The van der Waals surface area contributed by atoms with Crippen LogP contribution in [-0.4, -0.2) is 65.9 Å². The average Bonchev–Trinajstić information content (AvgIpc) is 2.97. The molecule has 2 aromatic rings. The van der Waals surface area contributed by atoms with Crippen molar-refractivity contribution in [2.24, 2.45) is 0 Å². The fraction of sp³-hybridized carbons (Fsp3) is 0.286. The second kappa shape index (κ2) is 8.40. The van der Waals surface area contributed by atoms with Gasteiger partial charge in [-0.3, -0.25) is 14.6 Å². The van der Waals surface area contributed by atoms with Gasteiger partial charge in [0.05, 0.1) is 18.7 Å². The molecule has 0 spiro atoms. The summed E-state index contributed by atoms with van der Waals surface area (Å²) in [5.41, 5.74) is 0.644. The SMILES string of the molecule is COc1ccc(/C(O)=C2\C(=O)C(=O)N(CCN(C)C)C2c2ccncc2)cc1F. The molecule has 0 aliphatic carbocycles. The number of Topliss-reactive ketones (excluding diaryl/α,β-unsaturated/α-hetero) is 1. The van der Waals surface area contributed by atoms with Crippen molar-refractivity contribution in [2.45, 2.75) is 6.04 Å². The van der Waals surface area contributed by atoms with Crippen LogP contribution < -0.4 is 4.74 Å². The molecular formula is C21H22FN3O4. The molecule has 0 bridgehead atoms. The first-order chi connectivity index (χ1) is 13.8. The van der Waals surface area contributed by atoms with Crippen LogP contribution in [-0.2, 0) is 9.59 Å². The van der Waals surface area contributed by atoms with E-state index in [1.165, 1.54) is 24.1 Å². The van der Waals surface area contributed by atoms with Gasteiger partial charge in [0, 0.05) is 31.0 Å². The van der Waals surface area contributed by atoms with Crippen LogP contribution in [0.4, 0.5) is 4.39 Å². The molecule has 1 fully saturated rings. The third-order valence-corrected chi connectivity index (χ3v) is 4.78. The van der Waals surface area contributed by atoms with Gasteiger partial charge in [0.2, 0.25) is 0 Å². The van der Waals surface area contributed by atoms with Gasteiger partial charge in [0.1, 0.15) is 5.76 Å². The van der Waals surface area contributed by atoms with Crippen LogP contribution in [0.1, 0.15) is 17.2 Å². The minimum absolute atomic E-state index is 0.0127. The van der Waals surface area contributed by atoms with E-state index < -0.39 is 29.3 Å². The lowest BCUT2D eigenvalue weighted by molar-refractivity contribution is -0.140. The van der Waals surface area contributed by atoms with Crippen LogP contribution in [0.25, 0.3) is 5.76 Å². The predicted molar refractivity (Wildman–Crippen MR) is 105 cm³/mol. The Labute approximate surface area is 168 Å². The summed E-state index contributed by atoms with van der Waals surface area (Å²) < 4.78 is 19.0. The Morgan fingerprint density at radius 1 is 1.24 bits per heavy atom. The molecule has 1 aromatic carbocycles. The summed E-state index contributed by atoms with van der Waals surface area (Å²) in [6, 6.07) is 6.44. The molecule has 3 rings (SSSR count). The maximum Gasteiger partial charge on any atom is 0.295 e. The lowest BCUT2D eigenvalue weighted by Gasteiger charge is -2.26. The molecule has 1 amide bonds. The van der Waals surface area contributed by atoms with E-state index in [0.717, 1.165) is 6.07 Å². The number of pyridine rings is 1. The van der Waals surface area contributed by atoms with Gasteiger partial charge in [-0.25, -0.2) is 4.39 Å². The number of aromatic nitrogens is 1. The standard InChI is InChI=1S/C21H22FN3O4/c1-24(2)10-11-25-18(13-6-8-23-9-7-13)17(20(27)21(25)28)19(26)14-4-5-16(29-3)15(22)12-14/h4-9,12,18,26H,10-11H2,1-3H3/b19-17+. The Morgan fingerprint density at radius 3 is 2.52 bits per heavy atom. The molecule has 1 aliphatic heterocycles. The first-order valence-electron chi connectivity index (χ1n) is 9.02. The van der Waals surface area contributed by atoms with E-state index >= 15 is 0 Å². The maximum atomic E-state index is 14.1. The van der Waals surface area contributed by atoms with Gasteiger partial charge in [0.25, 0.3) is 11.7 Å². The van der Waals surface area contributed by atoms with Crippen LogP contribution in [0.3, 0.4) is 0 Å². The summed E-state index contributed by atoms with van der Waals surface area (Å²) >= 11 is 0. The number of carbonyl (C=O) groups is 2. The third kappa shape index (κ3) is 3.97. The Morgan fingerprint density at radius 2 is 1.93 bits per heavy atom. The van der Waals surface area contributed by atoms with Gasteiger partial charge < -0.3 is 19.6 Å². The fourth-order valence-corrected chi connectivity index (χ4v) is 3.28. The number of likely N-dealkylation sites (N-methyl/N-ethyl adjacent to an activating group) is 1. The van der Waals surface area contributed by atoms with Gasteiger partial charge in [-0.15, -0.1) is 0 Å². The smallest absolute Gasteiger partial charge is 0.295 e. The van der Waals surface area contributed by atoms with Crippen molar-refractivity contribution in [1.29, 1.82) is 0 Å². The second-order valence-corrected chi connectivity index (χ2v) is 6.93. The highest BCUT2D eigenvalue weighted by atomic mass is 19.1. The first-order valence-corrected chi connectivity index (χ1v) is 9.02. The molecule has 7 nitrogen and oxygen atoms in total. The number of methoxy groups -OCH3 is 1. The van der Waals surface area contributed by atoms with Crippen molar-refractivity contribution in [3.8, 4) is 5.75 Å². The highest BCUT2D eigenvalue weighted by Crippen LogP contribution is 2.39.